The molecule has 90 valence electrons. The lowest BCUT2D eigenvalue weighted by Crippen LogP contribution is -2.20. The molecule has 1 nitrogen and oxygen atoms in total. The summed E-state index contributed by atoms with van der Waals surface area (Å²) in [7, 11) is 0. The van der Waals surface area contributed by atoms with Crippen LogP contribution < -0.4 is 5.32 Å². The van der Waals surface area contributed by atoms with Crippen molar-refractivity contribution in [1.29, 1.82) is 0 Å². The van der Waals surface area contributed by atoms with Crippen molar-refractivity contribution in [1.82, 2.24) is 5.32 Å². The lowest BCUT2D eigenvalue weighted by molar-refractivity contribution is 0.572. The summed E-state index contributed by atoms with van der Waals surface area (Å²) in [6, 6.07) is 8.47. The number of benzene rings is 1. The minimum atomic E-state index is 0.406. The van der Waals surface area contributed by atoms with Crippen LogP contribution in [0.15, 0.2) is 24.3 Å². The van der Waals surface area contributed by atoms with Crippen molar-refractivity contribution in [2.75, 3.05) is 18.1 Å². The van der Waals surface area contributed by atoms with Gasteiger partial charge >= 0.3 is 0 Å². The van der Waals surface area contributed by atoms with Gasteiger partial charge in [0.15, 0.2) is 0 Å². The van der Waals surface area contributed by atoms with E-state index in [0.29, 0.717) is 6.04 Å². The number of halogens is 1. The maximum absolute atomic E-state index is 5.85. The van der Waals surface area contributed by atoms with Crippen molar-refractivity contribution < 1.29 is 0 Å². The van der Waals surface area contributed by atoms with Gasteiger partial charge in [0.25, 0.3) is 0 Å². The van der Waals surface area contributed by atoms with Gasteiger partial charge in [0, 0.05) is 11.1 Å². The monoisotopic (exact) mass is 257 g/mol. The van der Waals surface area contributed by atoms with Gasteiger partial charge in [-0.05, 0) is 49.1 Å². The molecule has 0 heterocycles. The van der Waals surface area contributed by atoms with E-state index in [9.17, 15) is 0 Å². The molecule has 1 atom stereocenters. The molecule has 0 bridgehead atoms. The second kappa shape index (κ2) is 7.99. The number of rotatable bonds is 7. The molecule has 0 saturated heterocycles. The maximum Gasteiger partial charge on any atom is 0.0406 e. The summed E-state index contributed by atoms with van der Waals surface area (Å²) in [5, 5.41) is 4.32. The first-order valence-electron chi connectivity index (χ1n) is 5.80. The van der Waals surface area contributed by atoms with Gasteiger partial charge in [-0.1, -0.05) is 30.7 Å². The van der Waals surface area contributed by atoms with Crippen LogP contribution in [-0.4, -0.2) is 18.1 Å². The van der Waals surface area contributed by atoms with Crippen LogP contribution in [0.3, 0.4) is 0 Å². The van der Waals surface area contributed by atoms with Crippen LogP contribution in [0.5, 0.6) is 0 Å². The third kappa shape index (κ3) is 5.24. The highest BCUT2D eigenvalue weighted by Crippen LogP contribution is 2.15. The highest BCUT2D eigenvalue weighted by atomic mass is 35.5. The van der Waals surface area contributed by atoms with E-state index in [1.54, 1.807) is 0 Å². The van der Waals surface area contributed by atoms with E-state index in [1.807, 2.05) is 23.9 Å². The van der Waals surface area contributed by atoms with Gasteiger partial charge in [-0.2, -0.15) is 11.8 Å². The summed E-state index contributed by atoms with van der Waals surface area (Å²) >= 11 is 7.85. The Hall–Kier alpha value is -0.180. The van der Waals surface area contributed by atoms with E-state index in [2.05, 4.69) is 31.3 Å². The summed E-state index contributed by atoms with van der Waals surface area (Å²) in [5.41, 5.74) is 1.30. The molecule has 0 aliphatic rings. The van der Waals surface area contributed by atoms with Crippen molar-refractivity contribution in [2.45, 2.75) is 26.3 Å². The van der Waals surface area contributed by atoms with E-state index < -0.39 is 0 Å². The van der Waals surface area contributed by atoms with E-state index in [1.165, 1.54) is 23.5 Å². The first kappa shape index (κ1) is 13.9. The fourth-order valence-electron chi connectivity index (χ4n) is 1.51. The molecular weight excluding hydrogens is 238 g/mol. The highest BCUT2D eigenvalue weighted by molar-refractivity contribution is 7.99. The molecule has 3 heteroatoms. The van der Waals surface area contributed by atoms with Gasteiger partial charge in [0.2, 0.25) is 0 Å². The molecule has 0 saturated carbocycles. The smallest absolute Gasteiger partial charge is 0.0406 e. The lowest BCUT2D eigenvalue weighted by Gasteiger charge is -2.14. The molecule has 1 aromatic carbocycles. The Kier molecular flexibility index (Phi) is 6.93. The Morgan fingerprint density at radius 3 is 2.62 bits per heavy atom. The molecule has 0 spiro atoms. The van der Waals surface area contributed by atoms with E-state index in [4.69, 9.17) is 11.6 Å². The van der Waals surface area contributed by atoms with Crippen LogP contribution in [-0.2, 0) is 0 Å². The Morgan fingerprint density at radius 1 is 1.31 bits per heavy atom. The molecule has 0 fully saturated rings. The number of hydrogen-bond donors (Lipinski definition) is 1. The SMILES string of the molecule is CCSCCCNC(C)c1ccc(Cl)cc1. The molecule has 0 aliphatic carbocycles. The summed E-state index contributed by atoms with van der Waals surface area (Å²) in [6.45, 7) is 5.47. The molecule has 1 aromatic rings. The molecular formula is C13H20ClNS. The Balaban J connectivity index is 2.24. The average Bonchev–Trinajstić information content (AvgIpc) is 2.29. The van der Waals surface area contributed by atoms with Crippen molar-refractivity contribution in [2.24, 2.45) is 0 Å². The van der Waals surface area contributed by atoms with Crippen LogP contribution in [0, 0.1) is 0 Å². The fourth-order valence-corrected chi connectivity index (χ4v) is 2.27. The topological polar surface area (TPSA) is 12.0 Å². The standard InChI is InChI=1S/C13H20ClNS/c1-3-16-10-4-9-15-11(2)12-5-7-13(14)8-6-12/h5-8,11,15H,3-4,9-10H2,1-2H3. The van der Waals surface area contributed by atoms with Crippen LogP contribution in [0.2, 0.25) is 5.02 Å². The fraction of sp³-hybridized carbons (Fsp3) is 0.538. The van der Waals surface area contributed by atoms with Crippen LogP contribution in [0.4, 0.5) is 0 Å². The van der Waals surface area contributed by atoms with Gasteiger partial charge < -0.3 is 5.32 Å². The lowest BCUT2D eigenvalue weighted by atomic mass is 10.1. The zero-order valence-electron chi connectivity index (χ0n) is 10.0. The first-order valence-corrected chi connectivity index (χ1v) is 7.34. The third-order valence-corrected chi connectivity index (χ3v) is 3.73. The Labute approximate surface area is 108 Å². The molecule has 0 amide bonds. The first-order chi connectivity index (χ1) is 7.74. The molecule has 1 rings (SSSR count). The van der Waals surface area contributed by atoms with Crippen LogP contribution >= 0.6 is 23.4 Å². The van der Waals surface area contributed by atoms with Crippen LogP contribution in [0.25, 0.3) is 0 Å². The molecule has 16 heavy (non-hydrogen) atoms. The zero-order valence-corrected chi connectivity index (χ0v) is 11.6. The number of hydrogen-bond acceptors (Lipinski definition) is 2. The van der Waals surface area contributed by atoms with Gasteiger partial charge in [-0.25, -0.2) is 0 Å². The number of thioether (sulfide) groups is 1. The van der Waals surface area contributed by atoms with E-state index >= 15 is 0 Å². The summed E-state index contributed by atoms with van der Waals surface area (Å²) < 4.78 is 0. The van der Waals surface area contributed by atoms with Gasteiger partial charge in [0.1, 0.15) is 0 Å². The predicted molar refractivity (Wildman–Crippen MR) is 75.5 cm³/mol. The molecule has 0 radical (unpaired) electrons. The highest BCUT2D eigenvalue weighted by Gasteiger charge is 2.03. The largest absolute Gasteiger partial charge is 0.310 e. The van der Waals surface area contributed by atoms with E-state index in [-0.39, 0.29) is 0 Å². The number of nitrogens with one attached hydrogen (secondary N) is 1. The second-order valence-electron chi connectivity index (χ2n) is 3.78. The molecule has 0 aromatic heterocycles. The summed E-state index contributed by atoms with van der Waals surface area (Å²) in [5.74, 6) is 2.46. The average molecular weight is 258 g/mol. The van der Waals surface area contributed by atoms with E-state index in [0.717, 1.165) is 11.6 Å². The normalized spacial score (nSPS) is 12.7. The third-order valence-electron chi connectivity index (χ3n) is 2.49. The van der Waals surface area contributed by atoms with Crippen molar-refractivity contribution in [3.05, 3.63) is 34.9 Å². The van der Waals surface area contributed by atoms with Crippen molar-refractivity contribution in [3.8, 4) is 0 Å². The van der Waals surface area contributed by atoms with Crippen LogP contribution in [0.1, 0.15) is 31.9 Å². The Morgan fingerprint density at radius 2 is 2.00 bits per heavy atom. The zero-order chi connectivity index (χ0) is 11.8. The van der Waals surface area contributed by atoms with Gasteiger partial charge in [0.05, 0.1) is 0 Å². The summed E-state index contributed by atoms with van der Waals surface area (Å²) in [4.78, 5) is 0. The Bertz CT molecular complexity index is 286. The minimum absolute atomic E-state index is 0.406. The minimum Gasteiger partial charge on any atom is -0.310 e. The quantitative estimate of drug-likeness (QED) is 0.737. The second-order valence-corrected chi connectivity index (χ2v) is 5.61. The molecule has 1 unspecified atom stereocenters. The van der Waals surface area contributed by atoms with Gasteiger partial charge in [-0.15, -0.1) is 0 Å². The molecule has 0 aliphatic heterocycles. The summed E-state index contributed by atoms with van der Waals surface area (Å²) in [6.07, 6.45) is 1.23. The predicted octanol–water partition coefficient (Wildman–Crippen LogP) is 4.13. The van der Waals surface area contributed by atoms with Crippen molar-refractivity contribution in [3.63, 3.8) is 0 Å². The van der Waals surface area contributed by atoms with Crippen molar-refractivity contribution >= 4 is 23.4 Å². The maximum atomic E-state index is 5.85. The van der Waals surface area contributed by atoms with Gasteiger partial charge in [-0.3, -0.25) is 0 Å². The molecule has 1 N–H and O–H groups in total.